The van der Waals surface area contributed by atoms with Gasteiger partial charge in [-0.3, -0.25) is 4.79 Å². The van der Waals surface area contributed by atoms with E-state index in [-0.39, 0.29) is 11.8 Å². The molecule has 27 heavy (non-hydrogen) atoms. The number of carbonyl (C=O) groups is 1. The van der Waals surface area contributed by atoms with E-state index in [4.69, 9.17) is 14.0 Å². The van der Waals surface area contributed by atoms with Gasteiger partial charge in [-0.15, -0.1) is 0 Å². The standard InChI is InChI=1S/C18H22N4O5/c1-25-14-10-19-15(16(20-14)26-2)18(24)5-7-22(8-6-18)17(23)12-9-13(27-21-12)11-3-4-11/h9-11,24H,3-8H2,1-2H3. The van der Waals surface area contributed by atoms with Crippen LogP contribution >= 0.6 is 0 Å². The topological polar surface area (TPSA) is 111 Å². The molecule has 1 amide bonds. The number of aromatic nitrogens is 3. The van der Waals surface area contributed by atoms with Gasteiger partial charge < -0.3 is 24.0 Å². The monoisotopic (exact) mass is 374 g/mol. The normalized spacial score (nSPS) is 19.0. The van der Waals surface area contributed by atoms with E-state index in [0.29, 0.717) is 49.1 Å². The first-order valence-electron chi connectivity index (χ1n) is 8.98. The minimum absolute atomic E-state index is 0.180. The van der Waals surface area contributed by atoms with Gasteiger partial charge in [-0.25, -0.2) is 4.98 Å². The van der Waals surface area contributed by atoms with E-state index in [2.05, 4.69) is 15.1 Å². The molecule has 2 aromatic heterocycles. The van der Waals surface area contributed by atoms with Gasteiger partial charge in [-0.05, 0) is 25.7 Å². The summed E-state index contributed by atoms with van der Waals surface area (Å²) in [6.07, 6.45) is 4.27. The summed E-state index contributed by atoms with van der Waals surface area (Å²) in [4.78, 5) is 22.8. The maximum Gasteiger partial charge on any atom is 0.276 e. The zero-order chi connectivity index (χ0) is 19.0. The maximum absolute atomic E-state index is 12.7. The Morgan fingerprint density at radius 1 is 1.30 bits per heavy atom. The van der Waals surface area contributed by atoms with Crippen molar-refractivity contribution in [3.63, 3.8) is 0 Å². The lowest BCUT2D eigenvalue weighted by molar-refractivity contribution is -0.0267. The number of piperidine rings is 1. The molecule has 9 nitrogen and oxygen atoms in total. The van der Waals surface area contributed by atoms with Crippen LogP contribution in [-0.4, -0.2) is 58.3 Å². The molecule has 1 saturated heterocycles. The smallest absolute Gasteiger partial charge is 0.276 e. The van der Waals surface area contributed by atoms with Crippen molar-refractivity contribution in [1.82, 2.24) is 20.0 Å². The number of likely N-dealkylation sites (tertiary alicyclic amines) is 1. The first-order valence-corrected chi connectivity index (χ1v) is 8.98. The Kier molecular flexibility index (Phi) is 4.47. The molecular formula is C18H22N4O5. The quantitative estimate of drug-likeness (QED) is 0.838. The molecule has 0 radical (unpaired) electrons. The number of ether oxygens (including phenoxy) is 2. The van der Waals surface area contributed by atoms with Crippen molar-refractivity contribution in [3.8, 4) is 11.8 Å². The average molecular weight is 374 g/mol. The second-order valence-electron chi connectivity index (χ2n) is 6.98. The molecular weight excluding hydrogens is 352 g/mol. The van der Waals surface area contributed by atoms with Crippen LogP contribution in [0.5, 0.6) is 11.8 Å². The number of amides is 1. The molecule has 1 saturated carbocycles. The fourth-order valence-corrected chi connectivity index (χ4v) is 3.35. The number of rotatable bonds is 5. The van der Waals surface area contributed by atoms with Gasteiger partial charge in [-0.1, -0.05) is 5.16 Å². The first-order chi connectivity index (χ1) is 13.0. The molecule has 144 valence electrons. The van der Waals surface area contributed by atoms with Gasteiger partial charge in [0.05, 0.1) is 20.4 Å². The molecule has 1 aliphatic carbocycles. The summed E-state index contributed by atoms with van der Waals surface area (Å²) in [5, 5.41) is 15.0. The minimum atomic E-state index is -1.22. The third kappa shape index (κ3) is 3.34. The van der Waals surface area contributed by atoms with Crippen molar-refractivity contribution in [3.05, 3.63) is 29.4 Å². The number of aliphatic hydroxyl groups is 1. The van der Waals surface area contributed by atoms with Crippen LogP contribution in [0.25, 0.3) is 0 Å². The van der Waals surface area contributed by atoms with Gasteiger partial charge in [-0.2, -0.15) is 4.98 Å². The number of methoxy groups -OCH3 is 2. The predicted octanol–water partition coefficient (Wildman–Crippen LogP) is 1.48. The summed E-state index contributed by atoms with van der Waals surface area (Å²) in [5.74, 6) is 1.55. The minimum Gasteiger partial charge on any atom is -0.480 e. The Hall–Kier alpha value is -2.68. The van der Waals surface area contributed by atoms with Crippen LogP contribution in [0.4, 0.5) is 0 Å². The van der Waals surface area contributed by atoms with Gasteiger partial charge in [0, 0.05) is 25.1 Å². The average Bonchev–Trinajstić information content (AvgIpc) is 3.44. The zero-order valence-corrected chi connectivity index (χ0v) is 15.3. The van der Waals surface area contributed by atoms with Crippen molar-refractivity contribution in [2.24, 2.45) is 0 Å². The molecule has 0 atom stereocenters. The van der Waals surface area contributed by atoms with Crippen molar-refractivity contribution in [2.45, 2.75) is 37.2 Å². The van der Waals surface area contributed by atoms with Gasteiger partial charge in [0.1, 0.15) is 17.1 Å². The lowest BCUT2D eigenvalue weighted by atomic mass is 9.88. The highest BCUT2D eigenvalue weighted by Crippen LogP contribution is 2.40. The summed E-state index contributed by atoms with van der Waals surface area (Å²) < 4.78 is 15.6. The highest BCUT2D eigenvalue weighted by molar-refractivity contribution is 5.92. The van der Waals surface area contributed by atoms with Crippen molar-refractivity contribution < 1.29 is 23.9 Å². The van der Waals surface area contributed by atoms with Crippen LogP contribution in [0.3, 0.4) is 0 Å². The molecule has 1 N–H and O–H groups in total. The van der Waals surface area contributed by atoms with E-state index < -0.39 is 5.60 Å². The van der Waals surface area contributed by atoms with Crippen LogP contribution in [-0.2, 0) is 5.60 Å². The lowest BCUT2D eigenvalue weighted by Gasteiger charge is -2.37. The van der Waals surface area contributed by atoms with Crippen LogP contribution in [0.15, 0.2) is 16.8 Å². The molecule has 2 aromatic rings. The highest BCUT2D eigenvalue weighted by atomic mass is 16.5. The van der Waals surface area contributed by atoms with E-state index in [1.165, 1.54) is 20.4 Å². The van der Waals surface area contributed by atoms with Crippen molar-refractivity contribution in [2.75, 3.05) is 27.3 Å². The van der Waals surface area contributed by atoms with Crippen LogP contribution < -0.4 is 9.47 Å². The number of carbonyl (C=O) groups excluding carboxylic acids is 1. The molecule has 4 rings (SSSR count). The second kappa shape index (κ2) is 6.80. The van der Waals surface area contributed by atoms with Crippen LogP contribution in [0.2, 0.25) is 0 Å². The fourth-order valence-electron chi connectivity index (χ4n) is 3.35. The fraction of sp³-hybridized carbons (Fsp3) is 0.556. The van der Waals surface area contributed by atoms with Gasteiger partial charge in [0.2, 0.25) is 11.8 Å². The van der Waals surface area contributed by atoms with E-state index in [1.807, 2.05) is 0 Å². The largest absolute Gasteiger partial charge is 0.480 e. The molecule has 2 aliphatic rings. The van der Waals surface area contributed by atoms with Crippen molar-refractivity contribution >= 4 is 5.91 Å². The predicted molar refractivity (Wildman–Crippen MR) is 92.6 cm³/mol. The molecule has 0 bridgehead atoms. The molecule has 3 heterocycles. The van der Waals surface area contributed by atoms with E-state index in [9.17, 15) is 9.90 Å². The molecule has 9 heteroatoms. The summed E-state index contributed by atoms with van der Waals surface area (Å²) >= 11 is 0. The first kappa shape index (κ1) is 17.7. The Morgan fingerprint density at radius 2 is 2.04 bits per heavy atom. The summed E-state index contributed by atoms with van der Waals surface area (Å²) in [6.45, 7) is 0.746. The number of hydrogen-bond donors (Lipinski definition) is 1. The van der Waals surface area contributed by atoms with E-state index >= 15 is 0 Å². The Morgan fingerprint density at radius 3 is 2.67 bits per heavy atom. The lowest BCUT2D eigenvalue weighted by Crippen LogP contribution is -2.45. The molecule has 0 aromatic carbocycles. The highest BCUT2D eigenvalue weighted by Gasteiger charge is 2.40. The third-order valence-electron chi connectivity index (χ3n) is 5.17. The second-order valence-corrected chi connectivity index (χ2v) is 6.98. The molecule has 0 unspecified atom stereocenters. The van der Waals surface area contributed by atoms with E-state index in [0.717, 1.165) is 18.6 Å². The van der Waals surface area contributed by atoms with Crippen LogP contribution in [0.1, 0.15) is 53.5 Å². The van der Waals surface area contributed by atoms with Crippen LogP contribution in [0, 0.1) is 0 Å². The summed E-state index contributed by atoms with van der Waals surface area (Å²) in [5.41, 5.74) is -0.538. The van der Waals surface area contributed by atoms with E-state index in [1.54, 1.807) is 11.0 Å². The zero-order valence-electron chi connectivity index (χ0n) is 15.3. The maximum atomic E-state index is 12.7. The molecule has 0 spiro atoms. The number of hydrogen-bond acceptors (Lipinski definition) is 8. The Balaban J connectivity index is 1.46. The third-order valence-corrected chi connectivity index (χ3v) is 5.17. The SMILES string of the molecule is COc1cnc(C2(O)CCN(C(=O)c3cc(C4CC4)on3)CC2)c(OC)n1. The Labute approximate surface area is 156 Å². The molecule has 2 fully saturated rings. The molecule has 1 aliphatic heterocycles. The summed E-state index contributed by atoms with van der Waals surface area (Å²) in [6, 6.07) is 1.73. The van der Waals surface area contributed by atoms with Crippen molar-refractivity contribution in [1.29, 1.82) is 0 Å². The number of nitrogens with zero attached hydrogens (tertiary/aromatic N) is 4. The van der Waals surface area contributed by atoms with Gasteiger partial charge in [0.25, 0.3) is 5.91 Å². The summed E-state index contributed by atoms with van der Waals surface area (Å²) in [7, 11) is 2.96. The Bertz CT molecular complexity index is 840. The van der Waals surface area contributed by atoms with Gasteiger partial charge in [0.15, 0.2) is 5.69 Å². The van der Waals surface area contributed by atoms with Gasteiger partial charge >= 0.3 is 0 Å².